The Labute approximate surface area is 150 Å². The van der Waals surface area contributed by atoms with Crippen molar-refractivity contribution in [1.82, 2.24) is 25.0 Å². The van der Waals surface area contributed by atoms with Crippen LogP contribution < -0.4 is 4.90 Å². The number of piperazine rings is 1. The third-order valence-electron chi connectivity index (χ3n) is 4.92. The average Bonchev–Trinajstić information content (AvgIpc) is 3.11. The minimum absolute atomic E-state index is 0.805. The number of aromatic nitrogens is 4. The predicted molar refractivity (Wildman–Crippen MR) is 98.8 cm³/mol. The fourth-order valence-corrected chi connectivity index (χ4v) is 3.53. The normalized spacial score (nSPS) is 15.8. The Balaban J connectivity index is 1.31. The van der Waals surface area contributed by atoms with Crippen LogP contribution in [0.15, 0.2) is 53.6 Å². The van der Waals surface area contributed by atoms with Gasteiger partial charge < -0.3 is 9.42 Å². The first kappa shape index (κ1) is 15.2. The molecular weight excluding hydrogens is 328 g/mol. The molecule has 1 fully saturated rings. The standard InChI is InChI=1S/C19H18N6O/c1-2-4-18-14(3-1)17(23-26-18)12-24-7-9-25(10-8-24)19-15-5-6-20-11-16(15)21-13-22-19/h1-6,11,13H,7-10,12H2. The molecule has 1 aliphatic rings. The number of nitrogens with zero attached hydrogens (tertiary/aromatic N) is 6. The molecule has 0 spiro atoms. The molecule has 0 bridgehead atoms. The molecule has 0 unspecified atom stereocenters. The van der Waals surface area contributed by atoms with E-state index in [1.807, 2.05) is 24.3 Å². The van der Waals surface area contributed by atoms with E-state index >= 15 is 0 Å². The first-order valence-corrected chi connectivity index (χ1v) is 8.74. The number of fused-ring (bicyclic) bond motifs is 2. The number of hydrogen-bond acceptors (Lipinski definition) is 7. The van der Waals surface area contributed by atoms with Crippen LogP contribution in [0.2, 0.25) is 0 Å². The largest absolute Gasteiger partial charge is 0.356 e. The van der Waals surface area contributed by atoms with Crippen LogP contribution in [0.5, 0.6) is 0 Å². The quantitative estimate of drug-likeness (QED) is 0.564. The van der Waals surface area contributed by atoms with Gasteiger partial charge in [0.1, 0.15) is 17.8 Å². The molecule has 0 radical (unpaired) electrons. The van der Waals surface area contributed by atoms with Crippen LogP contribution in [0, 0.1) is 0 Å². The molecule has 0 N–H and O–H groups in total. The van der Waals surface area contributed by atoms with Crippen molar-refractivity contribution >= 4 is 27.7 Å². The molecule has 0 atom stereocenters. The van der Waals surface area contributed by atoms with Gasteiger partial charge in [0.15, 0.2) is 5.58 Å². The molecule has 7 nitrogen and oxygen atoms in total. The molecule has 4 aromatic rings. The van der Waals surface area contributed by atoms with Gasteiger partial charge in [-0.3, -0.25) is 9.88 Å². The topological polar surface area (TPSA) is 71.2 Å². The summed E-state index contributed by atoms with van der Waals surface area (Å²) in [4.78, 5) is 17.7. The number of rotatable bonds is 3. The molecule has 1 aliphatic heterocycles. The molecule has 0 amide bonds. The Bertz CT molecular complexity index is 1050. The molecular formula is C19H18N6O. The van der Waals surface area contributed by atoms with Gasteiger partial charge in [-0.1, -0.05) is 17.3 Å². The molecule has 1 saturated heterocycles. The summed E-state index contributed by atoms with van der Waals surface area (Å²) in [5.41, 5.74) is 2.74. The zero-order valence-electron chi connectivity index (χ0n) is 14.2. The van der Waals surface area contributed by atoms with E-state index in [1.165, 1.54) is 0 Å². The molecule has 7 heteroatoms. The Morgan fingerprint density at radius 2 is 1.85 bits per heavy atom. The van der Waals surface area contributed by atoms with Crippen molar-refractivity contribution in [3.05, 3.63) is 54.7 Å². The van der Waals surface area contributed by atoms with E-state index in [0.717, 1.165) is 66.1 Å². The third-order valence-corrected chi connectivity index (χ3v) is 4.92. The highest BCUT2D eigenvalue weighted by Gasteiger charge is 2.21. The van der Waals surface area contributed by atoms with Gasteiger partial charge in [0.25, 0.3) is 0 Å². The molecule has 26 heavy (non-hydrogen) atoms. The molecule has 0 aliphatic carbocycles. The average molecular weight is 346 g/mol. The number of hydrogen-bond donors (Lipinski definition) is 0. The summed E-state index contributed by atoms with van der Waals surface area (Å²) < 4.78 is 5.42. The number of para-hydroxylation sites is 1. The monoisotopic (exact) mass is 346 g/mol. The summed E-state index contributed by atoms with van der Waals surface area (Å²) in [7, 11) is 0. The summed E-state index contributed by atoms with van der Waals surface area (Å²) >= 11 is 0. The summed E-state index contributed by atoms with van der Waals surface area (Å²) in [5, 5.41) is 6.40. The van der Waals surface area contributed by atoms with E-state index in [9.17, 15) is 0 Å². The van der Waals surface area contributed by atoms with Crippen LogP contribution in [-0.2, 0) is 6.54 Å². The van der Waals surface area contributed by atoms with Gasteiger partial charge in [0, 0.05) is 49.7 Å². The number of anilines is 1. The van der Waals surface area contributed by atoms with Crippen molar-refractivity contribution in [2.75, 3.05) is 31.1 Å². The maximum Gasteiger partial charge on any atom is 0.167 e. The number of pyridine rings is 1. The van der Waals surface area contributed by atoms with E-state index in [1.54, 1.807) is 18.7 Å². The lowest BCUT2D eigenvalue weighted by Gasteiger charge is -2.35. The lowest BCUT2D eigenvalue weighted by atomic mass is 10.2. The second kappa shape index (κ2) is 6.34. The smallest absolute Gasteiger partial charge is 0.167 e. The highest BCUT2D eigenvalue weighted by molar-refractivity contribution is 5.88. The molecule has 4 heterocycles. The SMILES string of the molecule is c1ccc2c(CN3CCN(c4ncnc5cnccc45)CC3)noc2c1. The zero-order chi connectivity index (χ0) is 17.3. The molecule has 5 rings (SSSR count). The Morgan fingerprint density at radius 1 is 0.962 bits per heavy atom. The van der Waals surface area contributed by atoms with Crippen molar-refractivity contribution in [1.29, 1.82) is 0 Å². The molecule has 0 saturated carbocycles. The maximum atomic E-state index is 5.42. The van der Waals surface area contributed by atoms with Crippen LogP contribution in [0.3, 0.4) is 0 Å². The Morgan fingerprint density at radius 3 is 2.77 bits per heavy atom. The summed E-state index contributed by atoms with van der Waals surface area (Å²) in [6.07, 6.45) is 5.20. The maximum absolute atomic E-state index is 5.42. The third kappa shape index (κ3) is 2.66. The Kier molecular flexibility index (Phi) is 3.71. The first-order chi connectivity index (χ1) is 12.9. The van der Waals surface area contributed by atoms with Crippen molar-refractivity contribution in [3.63, 3.8) is 0 Å². The van der Waals surface area contributed by atoms with Gasteiger partial charge in [-0.05, 0) is 18.2 Å². The van der Waals surface area contributed by atoms with Gasteiger partial charge in [-0.25, -0.2) is 9.97 Å². The van der Waals surface area contributed by atoms with Gasteiger partial charge in [0.2, 0.25) is 0 Å². The highest BCUT2D eigenvalue weighted by Crippen LogP contribution is 2.24. The van der Waals surface area contributed by atoms with Gasteiger partial charge in [-0.15, -0.1) is 0 Å². The molecule has 3 aromatic heterocycles. The van der Waals surface area contributed by atoms with Crippen LogP contribution >= 0.6 is 0 Å². The molecule has 1 aromatic carbocycles. The van der Waals surface area contributed by atoms with Gasteiger partial charge in [0.05, 0.1) is 11.7 Å². The molecule has 130 valence electrons. The van der Waals surface area contributed by atoms with E-state index in [-0.39, 0.29) is 0 Å². The van der Waals surface area contributed by atoms with Crippen molar-refractivity contribution in [3.8, 4) is 0 Å². The predicted octanol–water partition coefficient (Wildman–Crippen LogP) is 2.49. The van der Waals surface area contributed by atoms with Crippen LogP contribution in [0.25, 0.3) is 21.9 Å². The lowest BCUT2D eigenvalue weighted by Crippen LogP contribution is -2.46. The summed E-state index contributed by atoms with van der Waals surface area (Å²) in [6, 6.07) is 10.0. The van der Waals surface area contributed by atoms with Gasteiger partial charge >= 0.3 is 0 Å². The van der Waals surface area contributed by atoms with E-state index in [0.29, 0.717) is 0 Å². The summed E-state index contributed by atoms with van der Waals surface area (Å²) in [5.74, 6) is 0.990. The zero-order valence-corrected chi connectivity index (χ0v) is 14.2. The van der Waals surface area contributed by atoms with Crippen molar-refractivity contribution < 1.29 is 4.52 Å². The lowest BCUT2D eigenvalue weighted by molar-refractivity contribution is 0.243. The fraction of sp³-hybridized carbons (Fsp3) is 0.263. The Hall–Kier alpha value is -3.06. The fourth-order valence-electron chi connectivity index (χ4n) is 3.53. The highest BCUT2D eigenvalue weighted by atomic mass is 16.5. The van der Waals surface area contributed by atoms with Crippen molar-refractivity contribution in [2.24, 2.45) is 0 Å². The van der Waals surface area contributed by atoms with Crippen LogP contribution in [0.1, 0.15) is 5.69 Å². The second-order valence-electron chi connectivity index (χ2n) is 6.48. The minimum Gasteiger partial charge on any atom is -0.356 e. The van der Waals surface area contributed by atoms with Crippen molar-refractivity contribution in [2.45, 2.75) is 6.54 Å². The first-order valence-electron chi connectivity index (χ1n) is 8.74. The van der Waals surface area contributed by atoms with E-state index < -0.39 is 0 Å². The minimum atomic E-state index is 0.805. The number of benzene rings is 1. The van der Waals surface area contributed by atoms with E-state index in [2.05, 4.69) is 36.0 Å². The van der Waals surface area contributed by atoms with E-state index in [4.69, 9.17) is 4.52 Å². The van der Waals surface area contributed by atoms with Crippen LogP contribution in [0.4, 0.5) is 5.82 Å². The second-order valence-corrected chi connectivity index (χ2v) is 6.48. The van der Waals surface area contributed by atoms with Gasteiger partial charge in [-0.2, -0.15) is 0 Å². The summed E-state index contributed by atoms with van der Waals surface area (Å²) in [6.45, 7) is 4.56. The van der Waals surface area contributed by atoms with Crippen LogP contribution in [-0.4, -0.2) is 51.2 Å².